The first-order chi connectivity index (χ1) is 14.0. The number of ether oxygens (including phenoxy) is 3. The third kappa shape index (κ3) is 4.88. The number of hydrogen-bond donors (Lipinski definition) is 1. The number of esters is 2. The van der Waals surface area contributed by atoms with Crippen LogP contribution in [0.15, 0.2) is 12.2 Å². The van der Waals surface area contributed by atoms with Crippen molar-refractivity contribution in [1.82, 2.24) is 0 Å². The zero-order chi connectivity index (χ0) is 22.7. The normalized spacial score (nSPS) is 30.0. The molecule has 7 heteroatoms. The van der Waals surface area contributed by atoms with E-state index in [1.165, 1.54) is 13.5 Å². The number of hydrogen-bond acceptors (Lipinski definition) is 6. The second-order valence-corrected chi connectivity index (χ2v) is 9.65. The molecule has 0 radical (unpaired) electrons. The number of aliphatic carboxylic acids is 1. The van der Waals surface area contributed by atoms with Gasteiger partial charge in [0.25, 0.3) is 0 Å². The van der Waals surface area contributed by atoms with Gasteiger partial charge in [-0.2, -0.15) is 0 Å². The van der Waals surface area contributed by atoms with Gasteiger partial charge < -0.3 is 19.3 Å². The Kier molecular flexibility index (Phi) is 7.72. The van der Waals surface area contributed by atoms with Crippen LogP contribution >= 0.6 is 0 Å². The fourth-order valence-corrected chi connectivity index (χ4v) is 5.90. The van der Waals surface area contributed by atoms with Crippen molar-refractivity contribution in [1.29, 1.82) is 0 Å². The molecule has 0 spiro atoms. The van der Waals surface area contributed by atoms with Crippen molar-refractivity contribution in [2.45, 2.75) is 65.4 Å². The quantitative estimate of drug-likeness (QED) is 0.469. The van der Waals surface area contributed by atoms with Crippen LogP contribution in [0.2, 0.25) is 0 Å². The maximum Gasteiger partial charge on any atom is 0.335 e. The van der Waals surface area contributed by atoms with E-state index in [9.17, 15) is 19.5 Å². The second kappa shape index (κ2) is 9.50. The largest absolute Gasteiger partial charge is 0.481 e. The van der Waals surface area contributed by atoms with Crippen molar-refractivity contribution < 1.29 is 33.7 Å². The molecule has 2 fully saturated rings. The van der Waals surface area contributed by atoms with E-state index in [2.05, 4.69) is 27.4 Å². The van der Waals surface area contributed by atoms with Gasteiger partial charge in [-0.3, -0.25) is 9.59 Å². The van der Waals surface area contributed by atoms with Crippen LogP contribution in [0.1, 0.15) is 59.3 Å². The van der Waals surface area contributed by atoms with Gasteiger partial charge in [-0.05, 0) is 42.4 Å². The molecule has 7 nitrogen and oxygen atoms in total. The molecule has 0 aromatic rings. The SMILES string of the molecule is C=C1CCC2C(C)(C)CCC[C@]2(C)[C@H]1CO[C@@H](C(=O)OC)[C@H](CC(=O)O)C(=O)OC. The van der Waals surface area contributed by atoms with Crippen molar-refractivity contribution in [3.05, 3.63) is 12.2 Å². The van der Waals surface area contributed by atoms with E-state index < -0.39 is 36.4 Å². The third-order valence-electron chi connectivity index (χ3n) is 7.46. The van der Waals surface area contributed by atoms with E-state index in [0.29, 0.717) is 5.92 Å². The van der Waals surface area contributed by atoms with Crippen molar-refractivity contribution in [3.63, 3.8) is 0 Å². The predicted octanol–water partition coefficient (Wildman–Crippen LogP) is 3.61. The Morgan fingerprint density at radius 3 is 2.33 bits per heavy atom. The Balaban J connectivity index is 2.28. The molecule has 2 rings (SSSR count). The third-order valence-corrected chi connectivity index (χ3v) is 7.46. The molecule has 1 N–H and O–H groups in total. The van der Waals surface area contributed by atoms with Gasteiger partial charge in [0.05, 0.1) is 27.2 Å². The molecule has 0 aromatic carbocycles. The average Bonchev–Trinajstić information content (AvgIpc) is 2.66. The van der Waals surface area contributed by atoms with Crippen LogP contribution in [0.4, 0.5) is 0 Å². The maximum absolute atomic E-state index is 12.4. The Morgan fingerprint density at radius 2 is 1.77 bits per heavy atom. The van der Waals surface area contributed by atoms with Crippen LogP contribution in [0.5, 0.6) is 0 Å². The maximum atomic E-state index is 12.4. The Bertz CT molecular complexity index is 683. The van der Waals surface area contributed by atoms with Gasteiger partial charge in [-0.25, -0.2) is 4.79 Å². The summed E-state index contributed by atoms with van der Waals surface area (Å²) in [6.45, 7) is 11.4. The molecular formula is C23H36O7. The number of carbonyl (C=O) groups excluding carboxylic acids is 2. The minimum Gasteiger partial charge on any atom is -0.481 e. The van der Waals surface area contributed by atoms with E-state index in [1.807, 2.05) is 0 Å². The molecule has 0 heterocycles. The molecule has 0 bridgehead atoms. The highest BCUT2D eigenvalue weighted by Gasteiger charge is 2.53. The van der Waals surface area contributed by atoms with Crippen molar-refractivity contribution >= 4 is 17.9 Å². The van der Waals surface area contributed by atoms with Gasteiger partial charge in [-0.15, -0.1) is 0 Å². The number of rotatable bonds is 8. The summed E-state index contributed by atoms with van der Waals surface area (Å²) < 4.78 is 15.5. The summed E-state index contributed by atoms with van der Waals surface area (Å²) in [6.07, 6.45) is 3.42. The molecule has 0 aromatic heterocycles. The highest BCUT2D eigenvalue weighted by Crippen LogP contribution is 2.60. The van der Waals surface area contributed by atoms with Crippen molar-refractivity contribution in [2.24, 2.45) is 28.6 Å². The molecule has 1 unspecified atom stereocenters. The average molecular weight is 425 g/mol. The Morgan fingerprint density at radius 1 is 1.13 bits per heavy atom. The zero-order valence-corrected chi connectivity index (χ0v) is 18.9. The number of carboxylic acids is 1. The summed E-state index contributed by atoms with van der Waals surface area (Å²) in [4.78, 5) is 35.9. The molecule has 2 aliphatic carbocycles. The van der Waals surface area contributed by atoms with Crippen LogP contribution < -0.4 is 0 Å². The highest BCUT2D eigenvalue weighted by atomic mass is 16.6. The van der Waals surface area contributed by atoms with E-state index in [0.717, 1.165) is 38.4 Å². The lowest BCUT2D eigenvalue weighted by molar-refractivity contribution is -0.173. The van der Waals surface area contributed by atoms with Crippen LogP contribution in [0.3, 0.4) is 0 Å². The lowest BCUT2D eigenvalue weighted by atomic mass is 9.48. The smallest absolute Gasteiger partial charge is 0.335 e. The summed E-state index contributed by atoms with van der Waals surface area (Å²) in [5.74, 6) is -3.55. The van der Waals surface area contributed by atoms with Gasteiger partial charge >= 0.3 is 17.9 Å². The minimum absolute atomic E-state index is 0.0195. The topological polar surface area (TPSA) is 99.1 Å². The first kappa shape index (κ1) is 24.4. The lowest BCUT2D eigenvalue weighted by Gasteiger charge is -2.58. The van der Waals surface area contributed by atoms with E-state index >= 15 is 0 Å². The fraction of sp³-hybridized carbons (Fsp3) is 0.783. The molecular weight excluding hydrogens is 388 g/mol. The van der Waals surface area contributed by atoms with Crippen LogP contribution in [-0.2, 0) is 28.6 Å². The van der Waals surface area contributed by atoms with Gasteiger partial charge in [0, 0.05) is 5.92 Å². The molecule has 2 saturated carbocycles. The van der Waals surface area contributed by atoms with Gasteiger partial charge in [0.15, 0.2) is 6.10 Å². The number of carbonyl (C=O) groups is 3. The number of carboxylic acid groups (broad SMARTS) is 1. The minimum atomic E-state index is -1.34. The molecule has 170 valence electrons. The first-order valence-electron chi connectivity index (χ1n) is 10.6. The van der Waals surface area contributed by atoms with Crippen molar-refractivity contribution in [3.8, 4) is 0 Å². The predicted molar refractivity (Wildman–Crippen MR) is 111 cm³/mol. The molecule has 5 atom stereocenters. The highest BCUT2D eigenvalue weighted by molar-refractivity contribution is 5.86. The number of fused-ring (bicyclic) bond motifs is 1. The van der Waals surface area contributed by atoms with Crippen LogP contribution in [-0.4, -0.2) is 49.9 Å². The Labute approximate surface area is 179 Å². The zero-order valence-electron chi connectivity index (χ0n) is 18.9. The Hall–Kier alpha value is -1.89. The summed E-state index contributed by atoms with van der Waals surface area (Å²) in [5.41, 5.74) is 1.28. The number of methoxy groups -OCH3 is 2. The summed E-state index contributed by atoms with van der Waals surface area (Å²) in [5, 5.41) is 9.21. The van der Waals surface area contributed by atoms with Gasteiger partial charge in [-0.1, -0.05) is 39.3 Å². The molecule has 0 amide bonds. The van der Waals surface area contributed by atoms with E-state index in [1.54, 1.807) is 0 Å². The monoisotopic (exact) mass is 424 g/mol. The fourth-order valence-electron chi connectivity index (χ4n) is 5.90. The summed E-state index contributed by atoms with van der Waals surface area (Å²) >= 11 is 0. The van der Waals surface area contributed by atoms with Crippen molar-refractivity contribution in [2.75, 3.05) is 20.8 Å². The lowest BCUT2D eigenvalue weighted by Crippen LogP contribution is -2.51. The molecule has 30 heavy (non-hydrogen) atoms. The second-order valence-electron chi connectivity index (χ2n) is 9.65. The summed E-state index contributed by atoms with van der Waals surface area (Å²) in [6, 6.07) is 0. The molecule has 2 aliphatic rings. The van der Waals surface area contributed by atoms with Gasteiger partial charge in [0.2, 0.25) is 0 Å². The first-order valence-corrected chi connectivity index (χ1v) is 10.6. The van der Waals surface area contributed by atoms with E-state index in [4.69, 9.17) is 14.2 Å². The molecule has 0 saturated heterocycles. The summed E-state index contributed by atoms with van der Waals surface area (Å²) in [7, 11) is 2.35. The molecule has 0 aliphatic heterocycles. The van der Waals surface area contributed by atoms with E-state index in [-0.39, 0.29) is 23.4 Å². The van der Waals surface area contributed by atoms with Gasteiger partial charge in [0.1, 0.15) is 5.92 Å². The van der Waals surface area contributed by atoms with Crippen LogP contribution in [0.25, 0.3) is 0 Å². The van der Waals surface area contributed by atoms with Crippen LogP contribution in [0, 0.1) is 28.6 Å². The standard InChI is InChI=1S/C23H36O7/c1-14-8-9-17-22(2,3)10-7-11-23(17,4)16(14)13-30-19(21(27)29-6)15(12-18(24)25)20(26)28-5/h15-17,19H,1,7-13H2,2-6H3,(H,24,25)/t15-,16-,17?,19+,23+/m0/s1.